The summed E-state index contributed by atoms with van der Waals surface area (Å²) in [5, 5.41) is 19.0. The molecule has 2 aromatic carbocycles. The second kappa shape index (κ2) is 11.6. The second-order valence-corrected chi connectivity index (χ2v) is 11.0. The Hall–Kier alpha value is -5.02. The predicted molar refractivity (Wildman–Crippen MR) is 157 cm³/mol. The van der Waals surface area contributed by atoms with Crippen molar-refractivity contribution in [1.29, 1.82) is 5.26 Å². The second-order valence-electron chi connectivity index (χ2n) is 11.0. The number of halogens is 4. The Kier molecular flexibility index (Phi) is 7.65. The quantitative estimate of drug-likeness (QED) is 0.277. The number of hydrogen-bond acceptors (Lipinski definition) is 6. The van der Waals surface area contributed by atoms with E-state index in [0.717, 1.165) is 23.1 Å². The highest BCUT2D eigenvalue weighted by molar-refractivity contribution is 6.05. The van der Waals surface area contributed by atoms with Gasteiger partial charge in [0.25, 0.3) is 5.91 Å². The normalized spacial score (nSPS) is 18.4. The molecule has 6 rings (SSSR count). The molecule has 0 radical (unpaired) electrons. The van der Waals surface area contributed by atoms with Crippen LogP contribution in [0.1, 0.15) is 58.2 Å². The Balaban J connectivity index is 1.33. The van der Waals surface area contributed by atoms with Gasteiger partial charge in [-0.25, -0.2) is 14.1 Å². The smallest absolute Gasteiger partial charge is 0.383 e. The van der Waals surface area contributed by atoms with E-state index >= 15 is 4.39 Å². The number of anilines is 1. The van der Waals surface area contributed by atoms with Crippen LogP contribution in [-0.4, -0.2) is 28.1 Å². The van der Waals surface area contributed by atoms with E-state index < -0.39 is 35.3 Å². The molecular formula is C32H27F4N7O. The first-order valence-electron chi connectivity index (χ1n) is 14.0. The Morgan fingerprint density at radius 2 is 1.95 bits per heavy atom. The molecule has 2 heterocycles. The van der Waals surface area contributed by atoms with E-state index in [4.69, 9.17) is 5.73 Å². The van der Waals surface area contributed by atoms with Crippen LogP contribution >= 0.6 is 0 Å². The van der Waals surface area contributed by atoms with Gasteiger partial charge in [0.15, 0.2) is 5.69 Å². The maximum atomic E-state index is 15.1. The lowest BCUT2D eigenvalue weighted by molar-refractivity contribution is -0.141. The van der Waals surface area contributed by atoms with Crippen molar-refractivity contribution in [2.24, 2.45) is 22.6 Å². The standard InChI is InChI=1S/C32H27F4N7O/c33-25-9-7-22(29(40-17-18-4-5-18)21-3-1-2-19(12-21)16-37)13-26(25)41-31(44)27-15-28(32(34,35)36)42-43(27)23-8-6-20-10-11-39-30(38)24(20)14-23/h1-3,7-15,18,20,29,40H,4-6,17H2,(H2,38,39)(H,41,44). The number of alkyl halides is 3. The first-order chi connectivity index (χ1) is 21.1. The molecule has 0 bridgehead atoms. The van der Waals surface area contributed by atoms with Gasteiger partial charge in [0.2, 0.25) is 0 Å². The van der Waals surface area contributed by atoms with E-state index in [1.54, 1.807) is 42.6 Å². The van der Waals surface area contributed by atoms with Crippen molar-refractivity contribution in [3.05, 3.63) is 112 Å². The third-order valence-corrected chi connectivity index (χ3v) is 7.82. The van der Waals surface area contributed by atoms with Gasteiger partial charge in [-0.15, -0.1) is 0 Å². The number of allylic oxidation sites excluding steroid dienone is 4. The minimum Gasteiger partial charge on any atom is -0.383 e. The van der Waals surface area contributed by atoms with E-state index in [-0.39, 0.29) is 23.1 Å². The fourth-order valence-corrected chi connectivity index (χ4v) is 5.30. The summed E-state index contributed by atoms with van der Waals surface area (Å²) in [6.07, 6.45) is 4.38. The van der Waals surface area contributed by atoms with Crippen LogP contribution in [0.3, 0.4) is 0 Å². The number of aromatic nitrogens is 2. The molecule has 1 aliphatic heterocycles. The summed E-state index contributed by atoms with van der Waals surface area (Å²) in [4.78, 5) is 17.6. The number of benzene rings is 2. The number of hydrogen-bond donors (Lipinski definition) is 3. The van der Waals surface area contributed by atoms with Gasteiger partial charge in [0.05, 0.1) is 29.1 Å². The molecule has 1 saturated carbocycles. The predicted octanol–water partition coefficient (Wildman–Crippen LogP) is 5.93. The molecule has 12 heteroatoms. The van der Waals surface area contributed by atoms with Crippen molar-refractivity contribution >= 4 is 23.1 Å². The maximum absolute atomic E-state index is 15.1. The molecule has 3 aromatic rings. The summed E-state index contributed by atoms with van der Waals surface area (Å²) in [6, 6.07) is 13.6. The molecule has 0 spiro atoms. The molecule has 1 amide bonds. The number of nitriles is 1. The van der Waals surface area contributed by atoms with Crippen molar-refractivity contribution in [2.75, 3.05) is 11.9 Å². The number of nitrogens with zero attached hydrogens (tertiary/aromatic N) is 4. The number of fused-ring (bicyclic) bond motifs is 1. The number of carbonyl (C=O) groups excluding carboxylic acids is 1. The lowest BCUT2D eigenvalue weighted by atomic mass is 9.88. The topological polar surface area (TPSA) is 121 Å². The largest absolute Gasteiger partial charge is 0.435 e. The van der Waals surface area contributed by atoms with E-state index in [1.165, 1.54) is 12.1 Å². The first-order valence-corrected chi connectivity index (χ1v) is 14.0. The maximum Gasteiger partial charge on any atom is 0.435 e. The van der Waals surface area contributed by atoms with E-state index in [0.29, 0.717) is 41.6 Å². The van der Waals surface area contributed by atoms with E-state index in [9.17, 15) is 23.2 Å². The van der Waals surface area contributed by atoms with E-state index in [2.05, 4.69) is 26.8 Å². The van der Waals surface area contributed by atoms with Crippen LogP contribution in [0.15, 0.2) is 83.5 Å². The van der Waals surface area contributed by atoms with Crippen LogP contribution in [0, 0.1) is 29.0 Å². The lowest BCUT2D eigenvalue weighted by Crippen LogP contribution is -2.26. The highest BCUT2D eigenvalue weighted by atomic mass is 19.4. The molecule has 2 atom stereocenters. The number of aliphatic imine (C=N–C) groups is 1. The number of carbonyl (C=O) groups is 1. The Labute approximate surface area is 250 Å². The van der Waals surface area contributed by atoms with Gasteiger partial charge in [0.1, 0.15) is 17.3 Å². The van der Waals surface area contributed by atoms with Crippen LogP contribution in [0.25, 0.3) is 5.70 Å². The lowest BCUT2D eigenvalue weighted by Gasteiger charge is -2.23. The molecule has 1 fully saturated rings. The van der Waals surface area contributed by atoms with Crippen molar-refractivity contribution < 1.29 is 22.4 Å². The van der Waals surface area contributed by atoms with Gasteiger partial charge in [-0.2, -0.15) is 23.5 Å². The van der Waals surface area contributed by atoms with Crippen molar-refractivity contribution in [2.45, 2.75) is 31.5 Å². The third kappa shape index (κ3) is 6.05. The molecule has 3 aliphatic rings. The number of amides is 1. The zero-order valence-corrected chi connectivity index (χ0v) is 23.3. The Morgan fingerprint density at radius 1 is 1.16 bits per heavy atom. The molecule has 8 nitrogen and oxygen atoms in total. The van der Waals surface area contributed by atoms with Gasteiger partial charge < -0.3 is 16.4 Å². The zero-order chi connectivity index (χ0) is 31.0. The fourth-order valence-electron chi connectivity index (χ4n) is 5.30. The molecule has 0 saturated heterocycles. The molecule has 2 aliphatic carbocycles. The molecule has 224 valence electrons. The van der Waals surface area contributed by atoms with Crippen molar-refractivity contribution in [1.82, 2.24) is 15.1 Å². The fraction of sp³-hybridized carbons (Fsp3) is 0.250. The van der Waals surface area contributed by atoms with Crippen LogP contribution < -0.4 is 16.4 Å². The Morgan fingerprint density at radius 3 is 2.70 bits per heavy atom. The SMILES string of the molecule is N#Cc1cccc(C(NCC2CC2)c2ccc(F)c(NC(=O)c3cc(C(F)(F)F)nn3C3=CCC4C=CN=C(N)C4=C3)c2)c1. The summed E-state index contributed by atoms with van der Waals surface area (Å²) >= 11 is 0. The number of nitrogens with two attached hydrogens (primary N) is 1. The molecule has 4 N–H and O–H groups in total. The van der Waals surface area contributed by atoms with E-state index in [1.807, 2.05) is 12.1 Å². The molecular weight excluding hydrogens is 574 g/mol. The van der Waals surface area contributed by atoms with Crippen LogP contribution in [0.2, 0.25) is 0 Å². The average Bonchev–Trinajstić information content (AvgIpc) is 3.72. The van der Waals surface area contributed by atoms with Gasteiger partial charge in [-0.1, -0.05) is 30.4 Å². The van der Waals surface area contributed by atoms with Crippen LogP contribution in [0.5, 0.6) is 0 Å². The summed E-state index contributed by atoms with van der Waals surface area (Å²) in [5.74, 6) is -1.11. The van der Waals surface area contributed by atoms with Gasteiger partial charge in [-0.3, -0.25) is 4.79 Å². The molecule has 2 unspecified atom stereocenters. The summed E-state index contributed by atoms with van der Waals surface area (Å²) in [7, 11) is 0. The molecule has 44 heavy (non-hydrogen) atoms. The first kappa shape index (κ1) is 29.1. The number of nitrogens with one attached hydrogen (secondary N) is 2. The summed E-state index contributed by atoms with van der Waals surface area (Å²) in [6.45, 7) is 0.705. The van der Waals surface area contributed by atoms with Crippen LogP contribution in [-0.2, 0) is 6.18 Å². The number of amidine groups is 1. The highest BCUT2D eigenvalue weighted by Crippen LogP contribution is 2.35. The third-order valence-electron chi connectivity index (χ3n) is 7.82. The van der Waals surface area contributed by atoms with Crippen LogP contribution in [0.4, 0.5) is 23.2 Å². The monoisotopic (exact) mass is 601 g/mol. The Bertz CT molecular complexity index is 1790. The molecule has 1 aromatic heterocycles. The minimum atomic E-state index is -4.83. The van der Waals surface area contributed by atoms with Gasteiger partial charge in [-0.05, 0) is 73.2 Å². The summed E-state index contributed by atoms with van der Waals surface area (Å²) in [5.41, 5.74) is 6.74. The average molecular weight is 602 g/mol. The van der Waals surface area contributed by atoms with Crippen molar-refractivity contribution in [3.8, 4) is 6.07 Å². The zero-order valence-electron chi connectivity index (χ0n) is 23.3. The van der Waals surface area contributed by atoms with Crippen molar-refractivity contribution in [3.63, 3.8) is 0 Å². The number of rotatable bonds is 8. The van der Waals surface area contributed by atoms with Gasteiger partial charge >= 0.3 is 6.18 Å². The minimum absolute atomic E-state index is 0.0988. The summed E-state index contributed by atoms with van der Waals surface area (Å²) < 4.78 is 57.2. The van der Waals surface area contributed by atoms with Gasteiger partial charge in [0, 0.05) is 23.8 Å². The highest BCUT2D eigenvalue weighted by Gasteiger charge is 2.37.